The molecule has 0 spiro atoms. The van der Waals surface area contributed by atoms with E-state index in [9.17, 15) is 9.59 Å². The lowest BCUT2D eigenvalue weighted by Gasteiger charge is -2.24. The number of nitrogens with zero attached hydrogens (tertiary/aromatic N) is 1. The fraction of sp³-hybridized carbons (Fsp3) is 0.429. The van der Waals surface area contributed by atoms with Crippen molar-refractivity contribution in [2.24, 2.45) is 0 Å². The first-order valence-corrected chi connectivity index (χ1v) is 6.48. The van der Waals surface area contributed by atoms with Gasteiger partial charge in [0.2, 0.25) is 5.91 Å². The van der Waals surface area contributed by atoms with Gasteiger partial charge in [0, 0.05) is 19.3 Å². The third-order valence-electron chi connectivity index (χ3n) is 3.45. The number of para-hydroxylation sites is 1. The highest BCUT2D eigenvalue weighted by Crippen LogP contribution is 2.20. The first kappa shape index (κ1) is 13.4. The highest BCUT2D eigenvalue weighted by molar-refractivity contribution is 5.94. The Morgan fingerprint density at radius 2 is 2.05 bits per heavy atom. The molecule has 1 heterocycles. The summed E-state index contributed by atoms with van der Waals surface area (Å²) in [5, 5.41) is 5.47. The normalized spacial score (nSPS) is 18.2. The second-order valence-corrected chi connectivity index (χ2v) is 4.71. The molecule has 0 radical (unpaired) electrons. The molecule has 1 saturated heterocycles. The zero-order valence-corrected chi connectivity index (χ0v) is 11.3. The molecule has 2 rings (SSSR count). The standard InChI is InChI=1S/C14H19N3O2/c1-10-6-3-4-7-11(10)16-14(19)17-9-5-8-12(17)13(18)15-2/h3-4,6-7,12H,5,8-9H2,1-2H3,(H,15,18)(H,16,19). The molecule has 1 aliphatic heterocycles. The molecule has 102 valence electrons. The zero-order valence-electron chi connectivity index (χ0n) is 11.3. The van der Waals surface area contributed by atoms with Crippen molar-refractivity contribution in [2.45, 2.75) is 25.8 Å². The van der Waals surface area contributed by atoms with Crippen LogP contribution in [0.25, 0.3) is 0 Å². The molecule has 1 fully saturated rings. The largest absolute Gasteiger partial charge is 0.357 e. The monoisotopic (exact) mass is 261 g/mol. The topological polar surface area (TPSA) is 61.4 Å². The number of hydrogen-bond acceptors (Lipinski definition) is 2. The van der Waals surface area contributed by atoms with Crippen molar-refractivity contribution >= 4 is 17.6 Å². The van der Waals surface area contributed by atoms with Crippen LogP contribution in [-0.2, 0) is 4.79 Å². The Labute approximate surface area is 113 Å². The second-order valence-electron chi connectivity index (χ2n) is 4.71. The predicted molar refractivity (Wildman–Crippen MR) is 74.0 cm³/mol. The number of likely N-dealkylation sites (tertiary alicyclic amines) is 1. The van der Waals surface area contributed by atoms with E-state index in [0.29, 0.717) is 6.54 Å². The van der Waals surface area contributed by atoms with Crippen molar-refractivity contribution in [3.8, 4) is 0 Å². The quantitative estimate of drug-likeness (QED) is 0.851. The Morgan fingerprint density at radius 1 is 1.32 bits per heavy atom. The zero-order chi connectivity index (χ0) is 13.8. The summed E-state index contributed by atoms with van der Waals surface area (Å²) in [7, 11) is 1.60. The maximum absolute atomic E-state index is 12.2. The van der Waals surface area contributed by atoms with Crippen molar-refractivity contribution in [2.75, 3.05) is 18.9 Å². The maximum atomic E-state index is 12.2. The van der Waals surface area contributed by atoms with Gasteiger partial charge in [-0.05, 0) is 31.4 Å². The first-order chi connectivity index (χ1) is 9.13. The number of likely N-dealkylation sites (N-methyl/N-ethyl adjacent to an activating group) is 1. The Kier molecular flexibility index (Phi) is 4.04. The molecular weight excluding hydrogens is 242 g/mol. The number of carbonyl (C=O) groups excluding carboxylic acids is 2. The van der Waals surface area contributed by atoms with Crippen LogP contribution in [-0.4, -0.2) is 36.5 Å². The third-order valence-corrected chi connectivity index (χ3v) is 3.45. The Balaban J connectivity index is 2.07. The molecule has 5 heteroatoms. The average molecular weight is 261 g/mol. The van der Waals surface area contributed by atoms with E-state index in [2.05, 4.69) is 10.6 Å². The highest BCUT2D eigenvalue weighted by atomic mass is 16.2. The molecule has 2 N–H and O–H groups in total. The van der Waals surface area contributed by atoms with Crippen LogP contribution in [0.15, 0.2) is 24.3 Å². The lowest BCUT2D eigenvalue weighted by molar-refractivity contribution is -0.124. The lowest BCUT2D eigenvalue weighted by Crippen LogP contribution is -2.46. The molecule has 1 aromatic rings. The van der Waals surface area contributed by atoms with Gasteiger partial charge < -0.3 is 15.5 Å². The summed E-state index contributed by atoms with van der Waals surface area (Å²) < 4.78 is 0. The maximum Gasteiger partial charge on any atom is 0.322 e. The predicted octanol–water partition coefficient (Wildman–Crippen LogP) is 1.74. The number of carbonyl (C=O) groups is 2. The van der Waals surface area contributed by atoms with Gasteiger partial charge in [0.15, 0.2) is 0 Å². The molecule has 0 bridgehead atoms. The van der Waals surface area contributed by atoms with Crippen LogP contribution in [0.1, 0.15) is 18.4 Å². The SMILES string of the molecule is CNC(=O)C1CCCN1C(=O)Nc1ccccc1C. The van der Waals surface area contributed by atoms with Crippen LogP contribution >= 0.6 is 0 Å². The summed E-state index contributed by atoms with van der Waals surface area (Å²) in [6, 6.07) is 7.04. The Hall–Kier alpha value is -2.04. The van der Waals surface area contributed by atoms with Gasteiger partial charge >= 0.3 is 6.03 Å². The molecule has 19 heavy (non-hydrogen) atoms. The van der Waals surface area contributed by atoms with Gasteiger partial charge in [0.25, 0.3) is 0 Å². The van der Waals surface area contributed by atoms with Crippen molar-refractivity contribution in [1.29, 1.82) is 0 Å². The van der Waals surface area contributed by atoms with Crippen LogP contribution < -0.4 is 10.6 Å². The van der Waals surface area contributed by atoms with Crippen molar-refractivity contribution in [3.05, 3.63) is 29.8 Å². The summed E-state index contributed by atoms with van der Waals surface area (Å²) in [4.78, 5) is 25.6. The minimum Gasteiger partial charge on any atom is -0.357 e. The van der Waals surface area contributed by atoms with E-state index in [4.69, 9.17) is 0 Å². The number of aryl methyl sites for hydroxylation is 1. The van der Waals surface area contributed by atoms with E-state index in [0.717, 1.165) is 24.1 Å². The molecule has 3 amide bonds. The Morgan fingerprint density at radius 3 is 2.74 bits per heavy atom. The average Bonchev–Trinajstić information content (AvgIpc) is 2.90. The summed E-state index contributed by atoms with van der Waals surface area (Å²) in [5.74, 6) is -0.0996. The Bertz CT molecular complexity index is 487. The summed E-state index contributed by atoms with van der Waals surface area (Å²) >= 11 is 0. The summed E-state index contributed by atoms with van der Waals surface area (Å²) in [5.41, 5.74) is 1.79. The molecule has 1 unspecified atom stereocenters. The third kappa shape index (κ3) is 2.86. The smallest absolute Gasteiger partial charge is 0.322 e. The highest BCUT2D eigenvalue weighted by Gasteiger charge is 2.33. The van der Waals surface area contributed by atoms with Gasteiger partial charge in [0.1, 0.15) is 6.04 Å². The van der Waals surface area contributed by atoms with Crippen molar-refractivity contribution < 1.29 is 9.59 Å². The van der Waals surface area contributed by atoms with E-state index in [1.54, 1.807) is 11.9 Å². The van der Waals surface area contributed by atoms with Gasteiger partial charge in [-0.3, -0.25) is 4.79 Å². The number of anilines is 1. The number of rotatable bonds is 2. The van der Waals surface area contributed by atoms with E-state index in [-0.39, 0.29) is 18.0 Å². The van der Waals surface area contributed by atoms with Crippen LogP contribution in [0.2, 0.25) is 0 Å². The lowest BCUT2D eigenvalue weighted by atomic mass is 10.2. The van der Waals surface area contributed by atoms with E-state index >= 15 is 0 Å². The number of urea groups is 1. The summed E-state index contributed by atoms with van der Waals surface area (Å²) in [6.45, 7) is 2.56. The molecule has 1 atom stereocenters. The first-order valence-electron chi connectivity index (χ1n) is 6.48. The number of amides is 3. The molecule has 1 aromatic carbocycles. The second kappa shape index (κ2) is 5.73. The molecule has 5 nitrogen and oxygen atoms in total. The van der Waals surface area contributed by atoms with Gasteiger partial charge in [-0.2, -0.15) is 0 Å². The van der Waals surface area contributed by atoms with E-state index < -0.39 is 0 Å². The van der Waals surface area contributed by atoms with Crippen LogP contribution in [0.5, 0.6) is 0 Å². The van der Waals surface area contributed by atoms with Crippen molar-refractivity contribution in [1.82, 2.24) is 10.2 Å². The van der Waals surface area contributed by atoms with Gasteiger partial charge in [-0.25, -0.2) is 4.79 Å². The van der Waals surface area contributed by atoms with Crippen molar-refractivity contribution in [3.63, 3.8) is 0 Å². The molecular formula is C14H19N3O2. The molecule has 0 aromatic heterocycles. The number of benzene rings is 1. The van der Waals surface area contributed by atoms with Gasteiger partial charge in [-0.15, -0.1) is 0 Å². The minimum absolute atomic E-state index is 0.0996. The van der Waals surface area contributed by atoms with E-state index in [1.807, 2.05) is 31.2 Å². The van der Waals surface area contributed by atoms with E-state index in [1.165, 1.54) is 0 Å². The summed E-state index contributed by atoms with van der Waals surface area (Å²) in [6.07, 6.45) is 1.58. The van der Waals surface area contributed by atoms with Gasteiger partial charge in [0.05, 0.1) is 0 Å². The fourth-order valence-corrected chi connectivity index (χ4v) is 2.35. The number of hydrogen-bond donors (Lipinski definition) is 2. The van der Waals surface area contributed by atoms with Crippen LogP contribution in [0, 0.1) is 6.92 Å². The number of nitrogens with one attached hydrogen (secondary N) is 2. The van der Waals surface area contributed by atoms with Gasteiger partial charge in [-0.1, -0.05) is 18.2 Å². The molecule has 1 aliphatic rings. The van der Waals surface area contributed by atoms with Crippen LogP contribution in [0.4, 0.5) is 10.5 Å². The van der Waals surface area contributed by atoms with Crippen LogP contribution in [0.3, 0.4) is 0 Å². The molecule has 0 saturated carbocycles. The minimum atomic E-state index is -0.353. The fourth-order valence-electron chi connectivity index (χ4n) is 2.35. The molecule has 0 aliphatic carbocycles.